The Hall–Kier alpha value is -3.39. The number of hydrazone groups is 1. The maximum Gasteiger partial charge on any atom is 0.283 e. The minimum absolute atomic E-state index is 0.0322. The Labute approximate surface area is 204 Å². The lowest BCUT2D eigenvalue weighted by molar-refractivity contribution is -0.114. The van der Waals surface area contributed by atoms with Gasteiger partial charge < -0.3 is 9.47 Å². The number of amidine groups is 2. The summed E-state index contributed by atoms with van der Waals surface area (Å²) >= 11 is 1.33. The van der Waals surface area contributed by atoms with Gasteiger partial charge in [0, 0.05) is 0 Å². The van der Waals surface area contributed by atoms with E-state index < -0.39 is 5.91 Å². The van der Waals surface area contributed by atoms with Crippen molar-refractivity contribution < 1.29 is 14.3 Å². The standard InChI is InChI=1S/C26H28N4O3S/c1-5-23-29-30-24(27)21(25(31)28-26(30)34-23)15-18-7-6-8-19(14-18)32-11-12-33-22-13-17(4)9-10-20(22)16(2)3/h6-10,13-16,27H,5,11-12H2,1-4H3/b21-15-,27-24?. The van der Waals surface area contributed by atoms with E-state index in [9.17, 15) is 4.79 Å². The molecule has 1 amide bonds. The topological polar surface area (TPSA) is 87.3 Å². The number of carbonyl (C=O) groups excluding carboxylic acids is 1. The van der Waals surface area contributed by atoms with E-state index in [-0.39, 0.29) is 11.4 Å². The van der Waals surface area contributed by atoms with Crippen molar-refractivity contribution in [2.24, 2.45) is 10.1 Å². The number of fused-ring (bicyclic) bond motifs is 1. The number of aryl methyl sites for hydroxylation is 1. The average Bonchev–Trinajstić information content (AvgIpc) is 3.23. The normalized spacial score (nSPS) is 16.6. The molecule has 7 nitrogen and oxygen atoms in total. The Morgan fingerprint density at radius 3 is 2.71 bits per heavy atom. The Balaban J connectivity index is 1.41. The monoisotopic (exact) mass is 476 g/mol. The Kier molecular flexibility index (Phi) is 7.17. The van der Waals surface area contributed by atoms with Crippen LogP contribution in [0, 0.1) is 12.3 Å². The predicted octanol–water partition coefficient (Wildman–Crippen LogP) is 5.61. The third-order valence-corrected chi connectivity index (χ3v) is 6.42. The zero-order valence-corrected chi connectivity index (χ0v) is 20.6. The van der Waals surface area contributed by atoms with Gasteiger partial charge in [-0.2, -0.15) is 15.1 Å². The van der Waals surface area contributed by atoms with Crippen molar-refractivity contribution in [2.45, 2.75) is 40.0 Å². The molecule has 2 heterocycles. The minimum Gasteiger partial charge on any atom is -0.490 e. The predicted molar refractivity (Wildman–Crippen MR) is 138 cm³/mol. The number of aliphatic imine (C=N–C) groups is 1. The largest absolute Gasteiger partial charge is 0.490 e. The summed E-state index contributed by atoms with van der Waals surface area (Å²) in [6, 6.07) is 13.7. The number of benzene rings is 2. The molecule has 8 heteroatoms. The highest BCUT2D eigenvalue weighted by molar-refractivity contribution is 8.26. The molecule has 1 N–H and O–H groups in total. The van der Waals surface area contributed by atoms with E-state index in [0.29, 0.717) is 30.0 Å². The van der Waals surface area contributed by atoms with Crippen LogP contribution in [0.2, 0.25) is 0 Å². The fourth-order valence-corrected chi connectivity index (χ4v) is 4.41. The Bertz CT molecular complexity index is 1220. The molecule has 2 aliphatic rings. The maximum atomic E-state index is 12.5. The molecule has 0 unspecified atom stereocenters. The van der Waals surface area contributed by atoms with Gasteiger partial charge in [-0.3, -0.25) is 10.2 Å². The van der Waals surface area contributed by atoms with Gasteiger partial charge in [0.2, 0.25) is 5.17 Å². The van der Waals surface area contributed by atoms with Crippen molar-refractivity contribution in [2.75, 3.05) is 13.2 Å². The van der Waals surface area contributed by atoms with Crippen LogP contribution in [0.25, 0.3) is 6.08 Å². The molecule has 0 saturated carbocycles. The number of amides is 1. The number of carbonyl (C=O) groups is 1. The molecule has 0 aromatic heterocycles. The maximum absolute atomic E-state index is 12.5. The zero-order chi connectivity index (χ0) is 24.2. The van der Waals surface area contributed by atoms with Crippen molar-refractivity contribution in [1.82, 2.24) is 5.01 Å². The summed E-state index contributed by atoms with van der Waals surface area (Å²) in [4.78, 5) is 16.6. The molecule has 34 heavy (non-hydrogen) atoms. The van der Waals surface area contributed by atoms with E-state index in [2.05, 4.69) is 42.1 Å². The van der Waals surface area contributed by atoms with Gasteiger partial charge in [0.1, 0.15) is 29.8 Å². The fraction of sp³-hybridized carbons (Fsp3) is 0.308. The van der Waals surface area contributed by atoms with E-state index in [1.807, 2.05) is 38.1 Å². The van der Waals surface area contributed by atoms with Gasteiger partial charge in [-0.1, -0.05) is 45.0 Å². The lowest BCUT2D eigenvalue weighted by Crippen LogP contribution is -2.35. The Morgan fingerprint density at radius 2 is 1.94 bits per heavy atom. The molecule has 0 spiro atoms. The highest BCUT2D eigenvalue weighted by atomic mass is 32.2. The molecule has 2 aromatic rings. The van der Waals surface area contributed by atoms with Gasteiger partial charge in [-0.25, -0.2) is 0 Å². The Morgan fingerprint density at radius 1 is 1.15 bits per heavy atom. The van der Waals surface area contributed by atoms with Gasteiger partial charge >= 0.3 is 0 Å². The third-order valence-electron chi connectivity index (χ3n) is 5.37. The van der Waals surface area contributed by atoms with Crippen LogP contribution in [0.1, 0.15) is 49.8 Å². The van der Waals surface area contributed by atoms with Gasteiger partial charge in [0.05, 0.1) is 5.57 Å². The first-order valence-electron chi connectivity index (χ1n) is 11.3. The number of nitrogens with zero attached hydrogens (tertiary/aromatic N) is 3. The number of rotatable bonds is 8. The molecule has 0 saturated heterocycles. The molecule has 2 aromatic carbocycles. The van der Waals surface area contributed by atoms with Crippen molar-refractivity contribution in [1.29, 1.82) is 5.41 Å². The number of hydrogen-bond acceptors (Lipinski definition) is 6. The van der Waals surface area contributed by atoms with Crippen molar-refractivity contribution in [3.63, 3.8) is 0 Å². The second-order valence-corrected chi connectivity index (χ2v) is 9.37. The quantitative estimate of drug-likeness (QED) is 0.395. The fourth-order valence-electron chi connectivity index (χ4n) is 3.59. The molecule has 0 bridgehead atoms. The first kappa shape index (κ1) is 23.8. The summed E-state index contributed by atoms with van der Waals surface area (Å²) in [5, 5.41) is 15.5. The smallest absolute Gasteiger partial charge is 0.283 e. The second kappa shape index (κ2) is 10.3. The molecule has 4 rings (SSSR count). The summed E-state index contributed by atoms with van der Waals surface area (Å²) in [6.45, 7) is 9.12. The molecular formula is C26H28N4O3S. The van der Waals surface area contributed by atoms with E-state index >= 15 is 0 Å². The van der Waals surface area contributed by atoms with E-state index in [1.165, 1.54) is 22.3 Å². The SMILES string of the molecule is CCC1=NN2C(=N)/C(=C/c3cccc(OCCOc4cc(C)ccc4C(C)C)c3)C(=O)N=C2S1. The average molecular weight is 477 g/mol. The van der Waals surface area contributed by atoms with E-state index in [1.54, 1.807) is 6.08 Å². The molecular weight excluding hydrogens is 448 g/mol. The minimum atomic E-state index is -0.435. The van der Waals surface area contributed by atoms with Crippen LogP contribution < -0.4 is 9.47 Å². The van der Waals surface area contributed by atoms with Crippen LogP contribution in [0.4, 0.5) is 0 Å². The van der Waals surface area contributed by atoms with Gasteiger partial charge in [-0.15, -0.1) is 0 Å². The second-order valence-electron chi connectivity index (χ2n) is 8.33. The highest BCUT2D eigenvalue weighted by Gasteiger charge is 2.35. The summed E-state index contributed by atoms with van der Waals surface area (Å²) in [5.74, 6) is 1.52. The molecule has 0 atom stereocenters. The van der Waals surface area contributed by atoms with Crippen LogP contribution in [0.5, 0.6) is 11.5 Å². The lowest BCUT2D eigenvalue weighted by Gasteiger charge is -2.20. The number of hydrogen-bond donors (Lipinski definition) is 1. The van der Waals surface area contributed by atoms with Crippen molar-refractivity contribution >= 4 is 39.8 Å². The summed E-state index contributed by atoms with van der Waals surface area (Å²) in [6.07, 6.45) is 2.38. The third kappa shape index (κ3) is 5.22. The summed E-state index contributed by atoms with van der Waals surface area (Å²) < 4.78 is 11.9. The van der Waals surface area contributed by atoms with Crippen LogP contribution in [-0.2, 0) is 4.79 Å². The van der Waals surface area contributed by atoms with Gasteiger partial charge in [-0.05, 0) is 72.0 Å². The first-order valence-corrected chi connectivity index (χ1v) is 12.1. The van der Waals surface area contributed by atoms with Gasteiger partial charge in [0.15, 0.2) is 5.84 Å². The van der Waals surface area contributed by atoms with E-state index in [4.69, 9.17) is 14.9 Å². The van der Waals surface area contributed by atoms with Crippen molar-refractivity contribution in [3.8, 4) is 11.5 Å². The number of nitrogens with one attached hydrogen (secondary N) is 1. The zero-order valence-electron chi connectivity index (χ0n) is 19.8. The lowest BCUT2D eigenvalue weighted by atomic mass is 10.0. The molecule has 2 aliphatic heterocycles. The van der Waals surface area contributed by atoms with Crippen LogP contribution in [0.15, 0.2) is 58.1 Å². The van der Waals surface area contributed by atoms with E-state index in [0.717, 1.165) is 28.3 Å². The molecule has 176 valence electrons. The van der Waals surface area contributed by atoms with Crippen molar-refractivity contribution in [3.05, 3.63) is 64.7 Å². The highest BCUT2D eigenvalue weighted by Crippen LogP contribution is 2.30. The molecule has 0 radical (unpaired) electrons. The first-order chi connectivity index (χ1) is 16.4. The van der Waals surface area contributed by atoms with Gasteiger partial charge in [0.25, 0.3) is 5.91 Å². The number of ether oxygens (including phenoxy) is 2. The molecule has 0 fully saturated rings. The molecule has 0 aliphatic carbocycles. The van der Waals surface area contributed by atoms with Crippen LogP contribution in [0.3, 0.4) is 0 Å². The number of thioether (sulfide) groups is 1. The van der Waals surface area contributed by atoms with Crippen LogP contribution >= 0.6 is 11.8 Å². The van der Waals surface area contributed by atoms with Crippen LogP contribution in [-0.4, -0.2) is 40.2 Å². The summed E-state index contributed by atoms with van der Waals surface area (Å²) in [7, 11) is 0. The summed E-state index contributed by atoms with van der Waals surface area (Å²) in [5.41, 5.74) is 3.28.